The van der Waals surface area contributed by atoms with E-state index in [1.165, 1.54) is 0 Å². The van der Waals surface area contributed by atoms with Crippen LogP contribution in [0.5, 0.6) is 5.75 Å². The molecule has 3 nitrogen and oxygen atoms in total. The summed E-state index contributed by atoms with van der Waals surface area (Å²) >= 11 is 0. The number of rotatable bonds is 7. The number of hydrogen-bond acceptors (Lipinski definition) is 3. The Balaban J connectivity index is 2.21. The van der Waals surface area contributed by atoms with Crippen LogP contribution in [0.15, 0.2) is 24.3 Å². The third kappa shape index (κ3) is 5.94. The van der Waals surface area contributed by atoms with Crippen molar-refractivity contribution in [1.82, 2.24) is 5.32 Å². The van der Waals surface area contributed by atoms with Crippen LogP contribution < -0.4 is 10.1 Å². The Hall–Kier alpha value is -1.53. The SMILES string of the molecule is CC(C)NCCCOc1ccc(CC#N)cc1. The lowest BCUT2D eigenvalue weighted by Crippen LogP contribution is -2.24. The molecule has 0 saturated heterocycles. The molecule has 0 saturated carbocycles. The molecule has 0 aliphatic carbocycles. The molecule has 0 atom stereocenters. The van der Waals surface area contributed by atoms with Crippen molar-refractivity contribution >= 4 is 0 Å². The highest BCUT2D eigenvalue weighted by molar-refractivity contribution is 5.28. The largest absolute Gasteiger partial charge is 0.494 e. The predicted molar refractivity (Wildman–Crippen MR) is 69.0 cm³/mol. The van der Waals surface area contributed by atoms with Crippen LogP contribution in [-0.2, 0) is 6.42 Å². The molecule has 1 aromatic carbocycles. The van der Waals surface area contributed by atoms with E-state index in [0.29, 0.717) is 12.5 Å². The van der Waals surface area contributed by atoms with Gasteiger partial charge in [-0.05, 0) is 30.7 Å². The molecule has 1 rings (SSSR count). The van der Waals surface area contributed by atoms with E-state index in [0.717, 1.165) is 30.9 Å². The fourth-order valence-electron chi connectivity index (χ4n) is 1.45. The van der Waals surface area contributed by atoms with Crippen LogP contribution in [0.2, 0.25) is 0 Å². The topological polar surface area (TPSA) is 45.0 Å². The van der Waals surface area contributed by atoms with Gasteiger partial charge in [0, 0.05) is 6.04 Å². The number of benzene rings is 1. The Kier molecular flexibility index (Phi) is 6.13. The van der Waals surface area contributed by atoms with Crippen molar-refractivity contribution in [3.63, 3.8) is 0 Å². The van der Waals surface area contributed by atoms with Gasteiger partial charge in [-0.15, -0.1) is 0 Å². The molecular formula is C14H20N2O. The maximum Gasteiger partial charge on any atom is 0.119 e. The van der Waals surface area contributed by atoms with Gasteiger partial charge in [-0.25, -0.2) is 0 Å². The van der Waals surface area contributed by atoms with Crippen LogP contribution >= 0.6 is 0 Å². The van der Waals surface area contributed by atoms with E-state index in [2.05, 4.69) is 25.2 Å². The fraction of sp³-hybridized carbons (Fsp3) is 0.500. The van der Waals surface area contributed by atoms with Crippen molar-refractivity contribution in [2.75, 3.05) is 13.2 Å². The van der Waals surface area contributed by atoms with Crippen molar-refractivity contribution in [3.05, 3.63) is 29.8 Å². The number of nitrogens with one attached hydrogen (secondary N) is 1. The summed E-state index contributed by atoms with van der Waals surface area (Å²) < 4.78 is 5.60. The summed E-state index contributed by atoms with van der Waals surface area (Å²) in [4.78, 5) is 0. The molecule has 0 radical (unpaired) electrons. The van der Waals surface area contributed by atoms with Gasteiger partial charge in [0.15, 0.2) is 0 Å². The second kappa shape index (κ2) is 7.70. The minimum atomic E-state index is 0.457. The first kappa shape index (κ1) is 13.5. The predicted octanol–water partition coefficient (Wildman–Crippen LogP) is 2.52. The molecule has 0 aliphatic heterocycles. The summed E-state index contributed by atoms with van der Waals surface area (Å²) in [5, 5.41) is 11.9. The summed E-state index contributed by atoms with van der Waals surface area (Å²) in [5.74, 6) is 0.872. The zero-order chi connectivity index (χ0) is 12.5. The lowest BCUT2D eigenvalue weighted by molar-refractivity contribution is 0.306. The zero-order valence-corrected chi connectivity index (χ0v) is 10.6. The molecule has 17 heavy (non-hydrogen) atoms. The van der Waals surface area contributed by atoms with E-state index in [1.807, 2.05) is 24.3 Å². The molecule has 0 unspecified atom stereocenters. The first-order chi connectivity index (χ1) is 8.22. The number of ether oxygens (including phenoxy) is 1. The average Bonchev–Trinajstić information content (AvgIpc) is 2.31. The fourth-order valence-corrected chi connectivity index (χ4v) is 1.45. The van der Waals surface area contributed by atoms with E-state index < -0.39 is 0 Å². The standard InChI is InChI=1S/C14H20N2O/c1-12(2)16-10-3-11-17-14-6-4-13(5-7-14)8-9-15/h4-7,12,16H,3,8,10-11H2,1-2H3. The monoisotopic (exact) mass is 232 g/mol. The van der Waals surface area contributed by atoms with E-state index in [-0.39, 0.29) is 0 Å². The Morgan fingerprint density at radius 2 is 2.00 bits per heavy atom. The smallest absolute Gasteiger partial charge is 0.119 e. The van der Waals surface area contributed by atoms with Gasteiger partial charge >= 0.3 is 0 Å². The van der Waals surface area contributed by atoms with Gasteiger partial charge in [0.1, 0.15) is 5.75 Å². The quantitative estimate of drug-likeness (QED) is 0.735. The lowest BCUT2D eigenvalue weighted by Gasteiger charge is -2.09. The average molecular weight is 232 g/mol. The minimum Gasteiger partial charge on any atom is -0.494 e. The second-order valence-electron chi connectivity index (χ2n) is 4.29. The summed E-state index contributed by atoms with van der Waals surface area (Å²) in [6, 6.07) is 10.4. The third-order valence-electron chi connectivity index (χ3n) is 2.35. The highest BCUT2D eigenvalue weighted by Crippen LogP contribution is 2.12. The maximum atomic E-state index is 8.55. The molecule has 0 fully saturated rings. The maximum absolute atomic E-state index is 8.55. The number of nitrogens with zero attached hydrogens (tertiary/aromatic N) is 1. The van der Waals surface area contributed by atoms with Gasteiger partial charge in [0.05, 0.1) is 19.1 Å². The third-order valence-corrected chi connectivity index (χ3v) is 2.35. The Morgan fingerprint density at radius 3 is 2.59 bits per heavy atom. The molecule has 1 aromatic rings. The summed E-state index contributed by atoms with van der Waals surface area (Å²) in [6.45, 7) is 5.96. The van der Waals surface area contributed by atoms with Gasteiger partial charge in [-0.1, -0.05) is 26.0 Å². The van der Waals surface area contributed by atoms with Crippen molar-refractivity contribution in [2.45, 2.75) is 32.7 Å². The van der Waals surface area contributed by atoms with Crippen molar-refractivity contribution in [1.29, 1.82) is 5.26 Å². The minimum absolute atomic E-state index is 0.457. The van der Waals surface area contributed by atoms with Gasteiger partial charge in [-0.3, -0.25) is 0 Å². The van der Waals surface area contributed by atoms with Gasteiger partial charge in [0.2, 0.25) is 0 Å². The lowest BCUT2D eigenvalue weighted by atomic mass is 10.2. The van der Waals surface area contributed by atoms with E-state index in [1.54, 1.807) is 0 Å². The number of hydrogen-bond donors (Lipinski definition) is 1. The normalized spacial score (nSPS) is 10.2. The van der Waals surface area contributed by atoms with Crippen LogP contribution in [-0.4, -0.2) is 19.2 Å². The van der Waals surface area contributed by atoms with Crippen LogP contribution in [0.1, 0.15) is 25.8 Å². The van der Waals surface area contributed by atoms with E-state index >= 15 is 0 Å². The van der Waals surface area contributed by atoms with E-state index in [4.69, 9.17) is 10.00 Å². The Labute approximate surface area is 103 Å². The Bertz CT molecular complexity index is 351. The molecule has 0 spiro atoms. The van der Waals surface area contributed by atoms with Crippen molar-refractivity contribution in [3.8, 4) is 11.8 Å². The molecule has 92 valence electrons. The van der Waals surface area contributed by atoms with Gasteiger partial charge in [0.25, 0.3) is 0 Å². The van der Waals surface area contributed by atoms with Gasteiger partial charge in [-0.2, -0.15) is 5.26 Å². The molecular weight excluding hydrogens is 212 g/mol. The molecule has 0 aromatic heterocycles. The number of nitriles is 1. The van der Waals surface area contributed by atoms with E-state index in [9.17, 15) is 0 Å². The Morgan fingerprint density at radius 1 is 1.29 bits per heavy atom. The summed E-state index contributed by atoms with van der Waals surface area (Å²) in [5.41, 5.74) is 1.03. The van der Waals surface area contributed by atoms with Gasteiger partial charge < -0.3 is 10.1 Å². The highest BCUT2D eigenvalue weighted by Gasteiger charge is 1.96. The van der Waals surface area contributed by atoms with Crippen molar-refractivity contribution < 1.29 is 4.74 Å². The first-order valence-electron chi connectivity index (χ1n) is 6.04. The van der Waals surface area contributed by atoms with Crippen LogP contribution in [0.25, 0.3) is 0 Å². The molecule has 0 bridgehead atoms. The second-order valence-corrected chi connectivity index (χ2v) is 4.29. The van der Waals surface area contributed by atoms with Crippen LogP contribution in [0.4, 0.5) is 0 Å². The first-order valence-corrected chi connectivity index (χ1v) is 6.04. The molecule has 3 heteroatoms. The van der Waals surface area contributed by atoms with Crippen LogP contribution in [0, 0.1) is 11.3 Å². The molecule has 1 N–H and O–H groups in total. The molecule has 0 amide bonds. The molecule has 0 heterocycles. The summed E-state index contributed by atoms with van der Waals surface area (Å²) in [7, 11) is 0. The highest BCUT2D eigenvalue weighted by atomic mass is 16.5. The summed E-state index contributed by atoms with van der Waals surface area (Å²) in [6.07, 6.45) is 1.46. The zero-order valence-electron chi connectivity index (χ0n) is 10.6. The van der Waals surface area contributed by atoms with Crippen LogP contribution in [0.3, 0.4) is 0 Å². The molecule has 0 aliphatic rings. The van der Waals surface area contributed by atoms with Crippen molar-refractivity contribution in [2.24, 2.45) is 0 Å².